The number of anilines is 1. The number of hydrogen-bond acceptors (Lipinski definition) is 3. The van der Waals surface area contributed by atoms with Crippen molar-refractivity contribution in [2.75, 3.05) is 5.32 Å². The summed E-state index contributed by atoms with van der Waals surface area (Å²) in [6.45, 7) is 4.13. The molecule has 1 aromatic heterocycles. The molecule has 1 aromatic carbocycles. The maximum absolute atomic E-state index is 12.0. The fraction of sp³-hybridized carbons (Fsp3) is 0.231. The number of carbonyl (C=O) groups excluding carboxylic acids is 1. The Balaban J connectivity index is 2.14. The van der Waals surface area contributed by atoms with Crippen LogP contribution in [-0.2, 0) is 0 Å². The van der Waals surface area contributed by atoms with E-state index in [2.05, 4.69) is 24.1 Å². The molecule has 0 atom stereocenters. The summed E-state index contributed by atoms with van der Waals surface area (Å²) in [4.78, 5) is 16.3. The lowest BCUT2D eigenvalue weighted by atomic mass is 10.2. The molecule has 0 bridgehead atoms. The van der Waals surface area contributed by atoms with Gasteiger partial charge in [-0.15, -0.1) is 11.3 Å². The Kier molecular flexibility index (Phi) is 3.99. The van der Waals surface area contributed by atoms with Crippen LogP contribution in [0.3, 0.4) is 0 Å². The first-order chi connectivity index (χ1) is 8.58. The van der Waals surface area contributed by atoms with Gasteiger partial charge >= 0.3 is 0 Å². The topological polar surface area (TPSA) is 42.0 Å². The number of carbonyl (C=O) groups is 1. The number of thiazole rings is 1. The summed E-state index contributed by atoms with van der Waals surface area (Å²) in [7, 11) is 0. The Morgan fingerprint density at radius 2 is 2.11 bits per heavy atom. The molecule has 0 aliphatic carbocycles. The zero-order valence-corrected chi connectivity index (χ0v) is 11.7. The lowest BCUT2D eigenvalue weighted by Crippen LogP contribution is -2.12. The summed E-state index contributed by atoms with van der Waals surface area (Å²) in [5.41, 5.74) is 1.44. The van der Waals surface area contributed by atoms with Crippen LogP contribution in [0.4, 0.5) is 5.13 Å². The van der Waals surface area contributed by atoms with Crippen LogP contribution in [0.5, 0.6) is 0 Å². The van der Waals surface area contributed by atoms with Crippen molar-refractivity contribution in [2.45, 2.75) is 19.8 Å². The number of rotatable bonds is 3. The number of benzene rings is 1. The molecule has 0 saturated heterocycles. The third kappa shape index (κ3) is 2.89. The minimum absolute atomic E-state index is 0.231. The van der Waals surface area contributed by atoms with Crippen molar-refractivity contribution in [2.24, 2.45) is 0 Å². The molecule has 94 valence electrons. The van der Waals surface area contributed by atoms with E-state index in [1.807, 2.05) is 5.38 Å². The number of hydrogen-bond donors (Lipinski definition) is 1. The molecule has 0 aliphatic rings. The third-order valence-electron chi connectivity index (χ3n) is 2.45. The van der Waals surface area contributed by atoms with Gasteiger partial charge in [-0.25, -0.2) is 4.98 Å². The van der Waals surface area contributed by atoms with Gasteiger partial charge in [0.2, 0.25) is 0 Å². The summed E-state index contributed by atoms with van der Waals surface area (Å²) in [6, 6.07) is 6.95. The van der Waals surface area contributed by atoms with E-state index in [-0.39, 0.29) is 5.91 Å². The average molecular weight is 281 g/mol. The van der Waals surface area contributed by atoms with Crippen LogP contribution in [0.2, 0.25) is 5.02 Å². The van der Waals surface area contributed by atoms with Gasteiger partial charge in [-0.2, -0.15) is 0 Å². The molecule has 0 spiro atoms. The summed E-state index contributed by atoms with van der Waals surface area (Å²) < 4.78 is 0. The second-order valence-corrected chi connectivity index (χ2v) is 5.43. The van der Waals surface area contributed by atoms with E-state index in [4.69, 9.17) is 11.6 Å². The first-order valence-electron chi connectivity index (χ1n) is 5.59. The van der Waals surface area contributed by atoms with Crippen LogP contribution in [0.1, 0.15) is 35.8 Å². The molecule has 0 fully saturated rings. The highest BCUT2D eigenvalue weighted by atomic mass is 35.5. The van der Waals surface area contributed by atoms with Gasteiger partial charge in [0, 0.05) is 5.38 Å². The fourth-order valence-electron chi connectivity index (χ4n) is 1.42. The molecular weight excluding hydrogens is 268 g/mol. The first kappa shape index (κ1) is 13.1. The van der Waals surface area contributed by atoms with Gasteiger partial charge in [-0.1, -0.05) is 37.6 Å². The highest BCUT2D eigenvalue weighted by Gasteiger charge is 2.12. The molecule has 2 aromatic rings. The Labute approximate surface area is 115 Å². The first-order valence-corrected chi connectivity index (χ1v) is 6.85. The number of halogens is 1. The minimum Gasteiger partial charge on any atom is -0.298 e. The van der Waals surface area contributed by atoms with Gasteiger partial charge in [-0.3, -0.25) is 10.1 Å². The molecule has 5 heteroatoms. The molecule has 2 rings (SSSR count). The summed E-state index contributed by atoms with van der Waals surface area (Å²) in [5, 5.41) is 5.75. The lowest BCUT2D eigenvalue weighted by Gasteiger charge is -2.03. The summed E-state index contributed by atoms with van der Waals surface area (Å²) >= 11 is 7.38. The molecule has 1 amide bonds. The van der Waals surface area contributed by atoms with Crippen LogP contribution in [0.25, 0.3) is 0 Å². The molecule has 18 heavy (non-hydrogen) atoms. The second kappa shape index (κ2) is 5.50. The smallest absolute Gasteiger partial charge is 0.258 e. The number of aromatic nitrogens is 1. The van der Waals surface area contributed by atoms with Crippen molar-refractivity contribution in [1.29, 1.82) is 0 Å². The highest BCUT2D eigenvalue weighted by molar-refractivity contribution is 7.14. The molecule has 0 unspecified atom stereocenters. The monoisotopic (exact) mass is 280 g/mol. The Hall–Kier alpha value is -1.39. The van der Waals surface area contributed by atoms with Crippen LogP contribution < -0.4 is 5.32 Å². The zero-order chi connectivity index (χ0) is 13.1. The van der Waals surface area contributed by atoms with Gasteiger partial charge in [0.15, 0.2) is 5.13 Å². The predicted molar refractivity (Wildman–Crippen MR) is 75.6 cm³/mol. The van der Waals surface area contributed by atoms with Gasteiger partial charge in [0.25, 0.3) is 5.91 Å². The molecule has 0 radical (unpaired) electrons. The van der Waals surface area contributed by atoms with Crippen molar-refractivity contribution >= 4 is 34.0 Å². The van der Waals surface area contributed by atoms with Crippen molar-refractivity contribution in [3.63, 3.8) is 0 Å². The van der Waals surface area contributed by atoms with Crippen LogP contribution in [0, 0.1) is 0 Å². The van der Waals surface area contributed by atoms with Gasteiger partial charge in [-0.05, 0) is 18.1 Å². The third-order valence-corrected chi connectivity index (χ3v) is 3.56. The lowest BCUT2D eigenvalue weighted by molar-refractivity contribution is 0.102. The Morgan fingerprint density at radius 1 is 1.39 bits per heavy atom. The quantitative estimate of drug-likeness (QED) is 0.917. The van der Waals surface area contributed by atoms with Crippen molar-refractivity contribution in [1.82, 2.24) is 4.98 Å². The van der Waals surface area contributed by atoms with Crippen LogP contribution >= 0.6 is 22.9 Å². The molecular formula is C13H13ClN2OS. The van der Waals surface area contributed by atoms with Gasteiger partial charge in [0.05, 0.1) is 16.3 Å². The summed E-state index contributed by atoms with van der Waals surface area (Å²) in [6.07, 6.45) is 0. The predicted octanol–water partition coefficient (Wildman–Crippen LogP) is 4.17. The van der Waals surface area contributed by atoms with E-state index in [9.17, 15) is 4.79 Å². The van der Waals surface area contributed by atoms with Crippen LogP contribution in [-0.4, -0.2) is 10.9 Å². The largest absolute Gasteiger partial charge is 0.298 e. The molecule has 1 N–H and O–H groups in total. The zero-order valence-electron chi connectivity index (χ0n) is 10.1. The number of amides is 1. The standard InChI is InChI=1S/C13H13ClN2OS/c1-8(2)11-7-18-13(15-11)16-12(17)9-5-3-4-6-10(9)14/h3-8H,1-2H3,(H,15,16,17). The minimum atomic E-state index is -0.231. The second-order valence-electron chi connectivity index (χ2n) is 4.17. The number of nitrogens with zero attached hydrogens (tertiary/aromatic N) is 1. The normalized spacial score (nSPS) is 10.7. The molecule has 0 aliphatic heterocycles. The van der Waals surface area contributed by atoms with Gasteiger partial charge < -0.3 is 0 Å². The molecule has 0 saturated carbocycles. The van der Waals surface area contributed by atoms with E-state index >= 15 is 0 Å². The maximum atomic E-state index is 12.0. The average Bonchev–Trinajstić information content (AvgIpc) is 2.78. The Bertz CT molecular complexity index is 566. The van der Waals surface area contributed by atoms with E-state index in [1.165, 1.54) is 11.3 Å². The highest BCUT2D eigenvalue weighted by Crippen LogP contribution is 2.23. The summed E-state index contributed by atoms with van der Waals surface area (Å²) in [5.74, 6) is 0.123. The van der Waals surface area contributed by atoms with E-state index in [0.29, 0.717) is 21.6 Å². The molecule has 3 nitrogen and oxygen atoms in total. The van der Waals surface area contributed by atoms with Crippen molar-refractivity contribution in [3.8, 4) is 0 Å². The van der Waals surface area contributed by atoms with E-state index < -0.39 is 0 Å². The van der Waals surface area contributed by atoms with Gasteiger partial charge in [0.1, 0.15) is 0 Å². The Morgan fingerprint density at radius 3 is 2.72 bits per heavy atom. The maximum Gasteiger partial charge on any atom is 0.258 e. The van der Waals surface area contributed by atoms with Crippen molar-refractivity contribution in [3.05, 3.63) is 45.9 Å². The SMILES string of the molecule is CC(C)c1csc(NC(=O)c2ccccc2Cl)n1. The molecule has 1 heterocycles. The van der Waals surface area contributed by atoms with E-state index in [0.717, 1.165) is 5.69 Å². The van der Waals surface area contributed by atoms with E-state index in [1.54, 1.807) is 24.3 Å². The fourth-order valence-corrected chi connectivity index (χ4v) is 2.51. The van der Waals surface area contributed by atoms with Crippen molar-refractivity contribution < 1.29 is 4.79 Å². The number of nitrogens with one attached hydrogen (secondary N) is 1. The van der Waals surface area contributed by atoms with Crippen LogP contribution in [0.15, 0.2) is 29.6 Å².